The zero-order valence-corrected chi connectivity index (χ0v) is 14.2. The molecule has 0 radical (unpaired) electrons. The van der Waals surface area contributed by atoms with Gasteiger partial charge in [0.1, 0.15) is 5.25 Å². The number of thioether (sulfide) groups is 1. The van der Waals surface area contributed by atoms with Crippen molar-refractivity contribution in [3.05, 3.63) is 65.2 Å². The van der Waals surface area contributed by atoms with Gasteiger partial charge in [0.2, 0.25) is 0 Å². The number of amides is 1. The van der Waals surface area contributed by atoms with Crippen molar-refractivity contribution in [1.29, 1.82) is 0 Å². The third-order valence-corrected chi connectivity index (χ3v) is 5.39. The molecule has 2 N–H and O–H groups in total. The molecule has 3 rings (SSSR count). The number of benzene rings is 2. The number of carboxylic acid groups (broad SMARTS) is 1. The van der Waals surface area contributed by atoms with Crippen LogP contribution in [0.2, 0.25) is 0 Å². The van der Waals surface area contributed by atoms with Gasteiger partial charge in [0.15, 0.2) is 0 Å². The second kappa shape index (κ2) is 7.09. The summed E-state index contributed by atoms with van der Waals surface area (Å²) in [4.78, 5) is 24.5. The fourth-order valence-corrected chi connectivity index (χ4v) is 3.87. The molecule has 0 aliphatic heterocycles. The molecule has 0 saturated carbocycles. The van der Waals surface area contributed by atoms with Gasteiger partial charge in [-0.3, -0.25) is 9.59 Å². The van der Waals surface area contributed by atoms with Gasteiger partial charge >= 0.3 is 5.97 Å². The molecule has 2 atom stereocenters. The van der Waals surface area contributed by atoms with Crippen molar-refractivity contribution >= 4 is 23.6 Å². The smallest absolute Gasteiger partial charge is 0.316 e. The molecule has 124 valence electrons. The summed E-state index contributed by atoms with van der Waals surface area (Å²) in [6, 6.07) is 15.3. The number of carbonyl (C=O) groups is 2. The van der Waals surface area contributed by atoms with Crippen LogP contribution in [-0.4, -0.2) is 22.2 Å². The summed E-state index contributed by atoms with van der Waals surface area (Å²) in [5.41, 5.74) is 2.99. The van der Waals surface area contributed by atoms with Gasteiger partial charge in [-0.15, -0.1) is 11.8 Å². The van der Waals surface area contributed by atoms with Crippen LogP contribution >= 0.6 is 11.8 Å². The van der Waals surface area contributed by atoms with E-state index in [1.54, 1.807) is 25.1 Å². The largest absolute Gasteiger partial charge is 0.480 e. The lowest BCUT2D eigenvalue weighted by atomic mass is 10.1. The van der Waals surface area contributed by atoms with Crippen molar-refractivity contribution in [2.24, 2.45) is 0 Å². The van der Waals surface area contributed by atoms with Gasteiger partial charge in [-0.2, -0.15) is 0 Å². The monoisotopic (exact) mass is 341 g/mol. The molecule has 0 fully saturated rings. The lowest BCUT2D eigenvalue weighted by Crippen LogP contribution is -2.27. The standard InChI is InChI=1S/C19H19NO3S/c1-12(19(22)23)24-17-9-5-4-8-15(17)18(21)20-16-11-10-13-6-2-3-7-14(13)16/h2-9,12,16H,10-11H2,1H3,(H,20,21)(H,22,23). The van der Waals surface area contributed by atoms with Gasteiger partial charge < -0.3 is 10.4 Å². The number of hydrogen-bond acceptors (Lipinski definition) is 3. The summed E-state index contributed by atoms with van der Waals surface area (Å²) < 4.78 is 0. The molecule has 0 aromatic heterocycles. The predicted molar refractivity (Wildman–Crippen MR) is 94.4 cm³/mol. The summed E-state index contributed by atoms with van der Waals surface area (Å²) in [5, 5.41) is 11.6. The van der Waals surface area contributed by atoms with Crippen LogP contribution in [0.5, 0.6) is 0 Å². The number of aryl methyl sites for hydroxylation is 1. The Balaban J connectivity index is 1.78. The maximum absolute atomic E-state index is 12.7. The average Bonchev–Trinajstić information content (AvgIpc) is 2.98. The third kappa shape index (κ3) is 3.46. The zero-order valence-electron chi connectivity index (χ0n) is 13.4. The highest BCUT2D eigenvalue weighted by molar-refractivity contribution is 8.00. The fraction of sp³-hybridized carbons (Fsp3) is 0.263. The third-order valence-electron chi connectivity index (χ3n) is 4.22. The lowest BCUT2D eigenvalue weighted by molar-refractivity contribution is -0.136. The quantitative estimate of drug-likeness (QED) is 0.815. The van der Waals surface area contributed by atoms with Crippen LogP contribution in [0.3, 0.4) is 0 Å². The molecular formula is C19H19NO3S. The molecule has 1 aliphatic carbocycles. The van der Waals surface area contributed by atoms with Crippen LogP contribution in [0.15, 0.2) is 53.4 Å². The molecular weight excluding hydrogens is 322 g/mol. The highest BCUT2D eigenvalue weighted by atomic mass is 32.2. The molecule has 1 aliphatic rings. The molecule has 0 bridgehead atoms. The van der Waals surface area contributed by atoms with Crippen molar-refractivity contribution in [2.75, 3.05) is 0 Å². The van der Waals surface area contributed by atoms with E-state index in [1.165, 1.54) is 22.9 Å². The first-order chi connectivity index (χ1) is 11.6. The maximum atomic E-state index is 12.7. The zero-order chi connectivity index (χ0) is 17.1. The van der Waals surface area contributed by atoms with Crippen molar-refractivity contribution in [3.63, 3.8) is 0 Å². The minimum absolute atomic E-state index is 0.0173. The van der Waals surface area contributed by atoms with Gasteiger partial charge in [0.25, 0.3) is 5.91 Å². The normalized spacial score (nSPS) is 17.1. The second-order valence-electron chi connectivity index (χ2n) is 5.86. The molecule has 0 spiro atoms. The Morgan fingerprint density at radius 3 is 2.67 bits per heavy atom. The Bertz CT molecular complexity index is 775. The van der Waals surface area contributed by atoms with Gasteiger partial charge in [-0.1, -0.05) is 36.4 Å². The Morgan fingerprint density at radius 1 is 1.17 bits per heavy atom. The van der Waals surface area contributed by atoms with E-state index in [9.17, 15) is 9.59 Å². The maximum Gasteiger partial charge on any atom is 0.316 e. The summed E-state index contributed by atoms with van der Waals surface area (Å²) in [6.07, 6.45) is 1.86. The van der Waals surface area contributed by atoms with Crippen LogP contribution in [-0.2, 0) is 11.2 Å². The summed E-state index contributed by atoms with van der Waals surface area (Å²) in [7, 11) is 0. The molecule has 24 heavy (non-hydrogen) atoms. The number of carboxylic acids is 1. The summed E-state index contributed by atoms with van der Waals surface area (Å²) >= 11 is 1.19. The second-order valence-corrected chi connectivity index (χ2v) is 7.24. The van der Waals surface area contributed by atoms with Crippen molar-refractivity contribution in [1.82, 2.24) is 5.32 Å². The van der Waals surface area contributed by atoms with E-state index in [-0.39, 0.29) is 11.9 Å². The van der Waals surface area contributed by atoms with E-state index in [4.69, 9.17) is 5.11 Å². The summed E-state index contributed by atoms with van der Waals surface area (Å²) in [5.74, 6) is -1.04. The molecule has 2 aromatic carbocycles. The van der Waals surface area contributed by atoms with E-state index < -0.39 is 11.2 Å². The molecule has 0 saturated heterocycles. The van der Waals surface area contributed by atoms with E-state index in [0.29, 0.717) is 10.5 Å². The minimum atomic E-state index is -0.889. The molecule has 2 aromatic rings. The SMILES string of the molecule is CC(Sc1ccccc1C(=O)NC1CCc2ccccc21)C(=O)O. The predicted octanol–water partition coefficient (Wildman–Crippen LogP) is 3.67. The number of fused-ring (bicyclic) bond motifs is 1. The molecule has 2 unspecified atom stereocenters. The number of rotatable bonds is 5. The van der Waals surface area contributed by atoms with Crippen LogP contribution in [0, 0.1) is 0 Å². The topological polar surface area (TPSA) is 66.4 Å². The van der Waals surface area contributed by atoms with Gasteiger partial charge in [0.05, 0.1) is 11.6 Å². The first-order valence-electron chi connectivity index (χ1n) is 7.93. The van der Waals surface area contributed by atoms with E-state index in [1.807, 2.05) is 18.2 Å². The van der Waals surface area contributed by atoms with Crippen molar-refractivity contribution in [3.8, 4) is 0 Å². The first kappa shape index (κ1) is 16.6. The van der Waals surface area contributed by atoms with E-state index in [2.05, 4.69) is 17.4 Å². The Morgan fingerprint density at radius 2 is 1.88 bits per heavy atom. The van der Waals surface area contributed by atoms with Crippen LogP contribution in [0.4, 0.5) is 0 Å². The number of nitrogens with one attached hydrogen (secondary N) is 1. The first-order valence-corrected chi connectivity index (χ1v) is 8.81. The fourth-order valence-electron chi connectivity index (χ4n) is 2.94. The number of hydrogen-bond donors (Lipinski definition) is 2. The Labute approximate surface area is 145 Å². The highest BCUT2D eigenvalue weighted by Crippen LogP contribution is 2.32. The van der Waals surface area contributed by atoms with E-state index in [0.717, 1.165) is 12.8 Å². The number of carbonyl (C=O) groups excluding carboxylic acids is 1. The van der Waals surface area contributed by atoms with Crippen molar-refractivity contribution in [2.45, 2.75) is 36.0 Å². The Hall–Kier alpha value is -2.27. The van der Waals surface area contributed by atoms with Crippen LogP contribution in [0.1, 0.15) is 40.9 Å². The summed E-state index contributed by atoms with van der Waals surface area (Å²) in [6.45, 7) is 1.62. The lowest BCUT2D eigenvalue weighted by Gasteiger charge is -2.16. The molecule has 1 amide bonds. The van der Waals surface area contributed by atoms with Gasteiger partial charge in [-0.05, 0) is 43.0 Å². The molecule has 0 heterocycles. The highest BCUT2D eigenvalue weighted by Gasteiger charge is 2.25. The Kier molecular flexibility index (Phi) is 4.90. The van der Waals surface area contributed by atoms with Crippen LogP contribution < -0.4 is 5.32 Å². The van der Waals surface area contributed by atoms with Crippen LogP contribution in [0.25, 0.3) is 0 Å². The average molecular weight is 341 g/mol. The van der Waals surface area contributed by atoms with Crippen molar-refractivity contribution < 1.29 is 14.7 Å². The minimum Gasteiger partial charge on any atom is -0.480 e. The van der Waals surface area contributed by atoms with Gasteiger partial charge in [-0.25, -0.2) is 0 Å². The molecule has 4 nitrogen and oxygen atoms in total. The van der Waals surface area contributed by atoms with Gasteiger partial charge in [0, 0.05) is 4.90 Å². The molecule has 5 heteroatoms. The van der Waals surface area contributed by atoms with E-state index >= 15 is 0 Å². The number of aliphatic carboxylic acids is 1.